The maximum absolute atomic E-state index is 13.8. The highest BCUT2D eigenvalue weighted by Gasteiger charge is 2.07. The second-order valence-electron chi connectivity index (χ2n) is 5.17. The maximum atomic E-state index is 13.8. The van der Waals surface area contributed by atoms with Gasteiger partial charge >= 0.3 is 0 Å². The number of hydrazone groups is 1. The number of rotatable bonds is 5. The van der Waals surface area contributed by atoms with Gasteiger partial charge in [0.25, 0.3) is 0 Å². The van der Waals surface area contributed by atoms with Crippen molar-refractivity contribution in [1.29, 1.82) is 0 Å². The summed E-state index contributed by atoms with van der Waals surface area (Å²) < 4.78 is 13.8. The van der Waals surface area contributed by atoms with Crippen molar-refractivity contribution >= 4 is 34.8 Å². The monoisotopic (exact) mass is 355 g/mol. The van der Waals surface area contributed by atoms with Crippen LogP contribution in [0, 0.1) is 5.82 Å². The van der Waals surface area contributed by atoms with Crippen LogP contribution in [0.4, 0.5) is 21.8 Å². The molecule has 3 aromatic rings. The average Bonchev–Trinajstić information content (AvgIpc) is 2.63. The molecule has 0 bridgehead atoms. The normalized spacial score (nSPS) is 11.2. The summed E-state index contributed by atoms with van der Waals surface area (Å²) in [6.07, 6.45) is 1.47. The van der Waals surface area contributed by atoms with Crippen molar-refractivity contribution in [3.8, 4) is 0 Å². The molecule has 0 radical (unpaired) electrons. The molecule has 0 unspecified atom stereocenters. The lowest BCUT2D eigenvalue weighted by molar-refractivity contribution is 0.625. The highest BCUT2D eigenvalue weighted by molar-refractivity contribution is 6.32. The van der Waals surface area contributed by atoms with Crippen molar-refractivity contribution < 1.29 is 4.39 Å². The molecule has 2 aromatic carbocycles. The van der Waals surface area contributed by atoms with E-state index >= 15 is 0 Å². The Bertz CT molecular complexity index is 899. The van der Waals surface area contributed by atoms with E-state index in [1.807, 2.05) is 30.3 Å². The van der Waals surface area contributed by atoms with E-state index in [0.29, 0.717) is 22.1 Å². The Balaban J connectivity index is 1.78. The van der Waals surface area contributed by atoms with Gasteiger partial charge in [0, 0.05) is 11.3 Å². The van der Waals surface area contributed by atoms with E-state index in [1.165, 1.54) is 12.3 Å². The zero-order chi connectivity index (χ0) is 17.6. The van der Waals surface area contributed by atoms with Crippen molar-refractivity contribution in [2.24, 2.45) is 5.10 Å². The molecular formula is C18H15ClFN5. The van der Waals surface area contributed by atoms with Crippen LogP contribution in [0.1, 0.15) is 12.5 Å². The Morgan fingerprint density at radius 3 is 2.56 bits per heavy atom. The van der Waals surface area contributed by atoms with Gasteiger partial charge in [-0.1, -0.05) is 48.0 Å². The standard InChI is InChI=1S/C18H15ClFN5/c1-12(14-9-5-6-10-16(14)20)24-25-18-21-11-15(19)17(23-18)22-13-7-3-2-4-8-13/h2-11H,1H3,(H2,21,22,23,25)/b24-12+. The molecule has 7 heteroatoms. The Hall–Kier alpha value is -2.99. The van der Waals surface area contributed by atoms with Crippen molar-refractivity contribution in [2.45, 2.75) is 6.92 Å². The van der Waals surface area contributed by atoms with E-state index < -0.39 is 0 Å². The van der Waals surface area contributed by atoms with Crippen LogP contribution in [0.25, 0.3) is 0 Å². The van der Waals surface area contributed by atoms with Gasteiger partial charge < -0.3 is 5.32 Å². The Kier molecular flexibility index (Phi) is 5.20. The van der Waals surface area contributed by atoms with Gasteiger partial charge in [-0.3, -0.25) is 0 Å². The molecule has 0 saturated carbocycles. The van der Waals surface area contributed by atoms with Crippen LogP contribution in [0.2, 0.25) is 5.02 Å². The largest absolute Gasteiger partial charge is 0.339 e. The molecule has 0 aliphatic heterocycles. The lowest BCUT2D eigenvalue weighted by Gasteiger charge is -2.09. The van der Waals surface area contributed by atoms with Crippen LogP contribution in [0.5, 0.6) is 0 Å². The zero-order valence-corrected chi connectivity index (χ0v) is 14.1. The van der Waals surface area contributed by atoms with E-state index in [4.69, 9.17) is 11.6 Å². The van der Waals surface area contributed by atoms with E-state index in [-0.39, 0.29) is 11.8 Å². The smallest absolute Gasteiger partial charge is 0.245 e. The quantitative estimate of drug-likeness (QED) is 0.507. The minimum absolute atomic E-state index is 0.249. The predicted octanol–water partition coefficient (Wildman–Crippen LogP) is 4.85. The van der Waals surface area contributed by atoms with Crippen LogP contribution >= 0.6 is 11.6 Å². The number of hydrogen-bond donors (Lipinski definition) is 2. The van der Waals surface area contributed by atoms with Gasteiger partial charge in [0.05, 0.1) is 11.9 Å². The summed E-state index contributed by atoms with van der Waals surface area (Å²) in [6, 6.07) is 15.9. The molecule has 0 spiro atoms. The number of para-hydroxylation sites is 1. The third-order valence-corrected chi connectivity index (χ3v) is 3.64. The summed E-state index contributed by atoms with van der Waals surface area (Å²) in [7, 11) is 0. The summed E-state index contributed by atoms with van der Waals surface area (Å²) in [4.78, 5) is 8.36. The van der Waals surface area contributed by atoms with Crippen molar-refractivity contribution in [3.05, 3.63) is 77.2 Å². The molecule has 1 aromatic heterocycles. The molecule has 0 amide bonds. The van der Waals surface area contributed by atoms with E-state index in [9.17, 15) is 4.39 Å². The molecule has 0 aliphatic rings. The van der Waals surface area contributed by atoms with E-state index in [2.05, 4.69) is 25.8 Å². The number of hydrogen-bond acceptors (Lipinski definition) is 5. The molecule has 0 aliphatic carbocycles. The SMILES string of the molecule is C/C(=N\Nc1ncc(Cl)c(Nc2ccccc2)n1)c1ccccc1F. The van der Waals surface area contributed by atoms with Gasteiger partial charge in [0.2, 0.25) is 5.95 Å². The lowest BCUT2D eigenvalue weighted by Crippen LogP contribution is -2.05. The van der Waals surface area contributed by atoms with Gasteiger partial charge in [-0.25, -0.2) is 14.8 Å². The summed E-state index contributed by atoms with van der Waals surface area (Å²) in [5.41, 5.74) is 4.46. The maximum Gasteiger partial charge on any atom is 0.245 e. The first kappa shape index (κ1) is 16.9. The first-order valence-corrected chi connectivity index (χ1v) is 7.91. The molecule has 2 N–H and O–H groups in total. The molecule has 3 rings (SSSR count). The first-order chi connectivity index (χ1) is 12.1. The van der Waals surface area contributed by atoms with Crippen LogP contribution in [-0.4, -0.2) is 15.7 Å². The fourth-order valence-electron chi connectivity index (χ4n) is 2.12. The molecule has 0 saturated heterocycles. The second-order valence-corrected chi connectivity index (χ2v) is 5.58. The number of aromatic nitrogens is 2. The third kappa shape index (κ3) is 4.30. The number of nitrogens with one attached hydrogen (secondary N) is 2. The van der Waals surface area contributed by atoms with Crippen LogP contribution < -0.4 is 10.7 Å². The summed E-state index contributed by atoms with van der Waals surface area (Å²) in [6.45, 7) is 1.70. The summed E-state index contributed by atoms with van der Waals surface area (Å²) >= 11 is 6.12. The topological polar surface area (TPSA) is 62.2 Å². The molecule has 0 atom stereocenters. The van der Waals surface area contributed by atoms with Gasteiger partial charge in [0.1, 0.15) is 10.8 Å². The van der Waals surface area contributed by atoms with Crippen LogP contribution in [0.3, 0.4) is 0 Å². The second kappa shape index (κ2) is 7.72. The van der Waals surface area contributed by atoms with Gasteiger partial charge in [0.15, 0.2) is 5.82 Å². The van der Waals surface area contributed by atoms with Gasteiger partial charge in [-0.05, 0) is 25.1 Å². The zero-order valence-electron chi connectivity index (χ0n) is 13.4. The van der Waals surface area contributed by atoms with Gasteiger partial charge in [-0.15, -0.1) is 0 Å². The lowest BCUT2D eigenvalue weighted by atomic mass is 10.1. The average molecular weight is 356 g/mol. The summed E-state index contributed by atoms with van der Waals surface area (Å²) in [5.74, 6) is 0.358. The fourth-order valence-corrected chi connectivity index (χ4v) is 2.25. The Labute approximate surface area is 149 Å². The molecule has 25 heavy (non-hydrogen) atoms. The van der Waals surface area contributed by atoms with Crippen LogP contribution in [0.15, 0.2) is 65.9 Å². The van der Waals surface area contributed by atoms with Crippen molar-refractivity contribution in [1.82, 2.24) is 9.97 Å². The minimum atomic E-state index is -0.339. The molecule has 1 heterocycles. The third-order valence-electron chi connectivity index (χ3n) is 3.37. The first-order valence-electron chi connectivity index (χ1n) is 7.53. The number of nitrogens with zero attached hydrogens (tertiary/aromatic N) is 3. The highest BCUT2D eigenvalue weighted by Crippen LogP contribution is 2.23. The van der Waals surface area contributed by atoms with Gasteiger partial charge in [-0.2, -0.15) is 10.1 Å². The summed E-state index contributed by atoms with van der Waals surface area (Å²) in [5, 5.41) is 7.62. The van der Waals surface area contributed by atoms with E-state index in [0.717, 1.165) is 5.69 Å². The van der Waals surface area contributed by atoms with E-state index in [1.54, 1.807) is 25.1 Å². The Morgan fingerprint density at radius 1 is 1.08 bits per heavy atom. The van der Waals surface area contributed by atoms with Crippen molar-refractivity contribution in [2.75, 3.05) is 10.7 Å². The number of anilines is 3. The number of halogens is 2. The fraction of sp³-hybridized carbons (Fsp3) is 0.0556. The Morgan fingerprint density at radius 2 is 1.80 bits per heavy atom. The molecular weight excluding hydrogens is 341 g/mol. The number of benzene rings is 2. The predicted molar refractivity (Wildman–Crippen MR) is 99.0 cm³/mol. The molecule has 5 nitrogen and oxygen atoms in total. The highest BCUT2D eigenvalue weighted by atomic mass is 35.5. The molecule has 0 fully saturated rings. The van der Waals surface area contributed by atoms with Crippen LogP contribution in [-0.2, 0) is 0 Å². The minimum Gasteiger partial charge on any atom is -0.339 e. The van der Waals surface area contributed by atoms with Crippen molar-refractivity contribution in [3.63, 3.8) is 0 Å². The molecule has 126 valence electrons.